The van der Waals surface area contributed by atoms with Crippen LogP contribution in [0.4, 0.5) is 0 Å². The first-order valence-corrected chi connectivity index (χ1v) is 7.87. The summed E-state index contributed by atoms with van der Waals surface area (Å²) in [5, 5.41) is 1.00. The van der Waals surface area contributed by atoms with Gasteiger partial charge in [0.15, 0.2) is 0 Å². The Bertz CT molecular complexity index is 377. The van der Waals surface area contributed by atoms with Crippen LogP contribution in [0.5, 0.6) is 5.75 Å². The highest BCUT2D eigenvalue weighted by Crippen LogP contribution is 2.26. The molecule has 0 saturated carbocycles. The van der Waals surface area contributed by atoms with Crippen molar-refractivity contribution in [3.8, 4) is 5.75 Å². The van der Waals surface area contributed by atoms with Crippen molar-refractivity contribution in [3.63, 3.8) is 0 Å². The fourth-order valence-corrected chi connectivity index (χ4v) is 2.62. The second-order valence-electron chi connectivity index (χ2n) is 5.54. The number of rotatable bonds is 8. The predicted octanol–water partition coefficient (Wildman–Crippen LogP) is 4.45. The van der Waals surface area contributed by atoms with Crippen LogP contribution in [-0.4, -0.2) is 25.2 Å². The number of hydrogen-bond donors (Lipinski definition) is 0. The molecule has 19 heavy (non-hydrogen) atoms. The van der Waals surface area contributed by atoms with E-state index in [-0.39, 0.29) is 5.60 Å². The Kier molecular flexibility index (Phi) is 6.87. The third kappa shape index (κ3) is 5.53. The average molecular weight is 329 g/mol. The highest BCUT2D eigenvalue weighted by atomic mass is 79.9. The van der Waals surface area contributed by atoms with Gasteiger partial charge in [-0.15, -0.1) is 0 Å². The standard InChI is InChI=1S/C16H25BrO2/c1-16(2,19-4)10-9-13(12-17)11-14-7-5-6-8-15(14)18-3/h5-8,13H,9-12H2,1-4H3. The molecule has 108 valence electrons. The lowest BCUT2D eigenvalue weighted by atomic mass is 9.91. The quantitative estimate of drug-likeness (QED) is 0.656. The normalized spacial score (nSPS) is 13.3. The van der Waals surface area contributed by atoms with Gasteiger partial charge in [0.2, 0.25) is 0 Å². The van der Waals surface area contributed by atoms with Crippen molar-refractivity contribution in [1.29, 1.82) is 0 Å². The number of ether oxygens (including phenoxy) is 2. The zero-order valence-electron chi connectivity index (χ0n) is 12.4. The van der Waals surface area contributed by atoms with E-state index < -0.39 is 0 Å². The Hall–Kier alpha value is -0.540. The molecule has 0 aliphatic carbocycles. The van der Waals surface area contributed by atoms with Crippen LogP contribution in [0.1, 0.15) is 32.3 Å². The number of benzene rings is 1. The first kappa shape index (κ1) is 16.5. The molecule has 0 bridgehead atoms. The maximum Gasteiger partial charge on any atom is 0.122 e. The van der Waals surface area contributed by atoms with Gasteiger partial charge in [-0.2, -0.15) is 0 Å². The summed E-state index contributed by atoms with van der Waals surface area (Å²) in [4.78, 5) is 0. The Balaban J connectivity index is 2.61. The molecule has 1 unspecified atom stereocenters. The number of alkyl halides is 1. The first-order valence-electron chi connectivity index (χ1n) is 6.75. The van der Waals surface area contributed by atoms with E-state index in [1.54, 1.807) is 14.2 Å². The maximum absolute atomic E-state index is 5.49. The van der Waals surface area contributed by atoms with Crippen molar-refractivity contribution >= 4 is 15.9 Å². The van der Waals surface area contributed by atoms with Gasteiger partial charge in [0.25, 0.3) is 0 Å². The van der Waals surface area contributed by atoms with Crippen molar-refractivity contribution in [2.45, 2.75) is 38.7 Å². The van der Waals surface area contributed by atoms with Crippen molar-refractivity contribution in [3.05, 3.63) is 29.8 Å². The molecule has 0 aliphatic rings. The lowest BCUT2D eigenvalue weighted by Crippen LogP contribution is -2.24. The highest BCUT2D eigenvalue weighted by Gasteiger charge is 2.19. The fraction of sp³-hybridized carbons (Fsp3) is 0.625. The van der Waals surface area contributed by atoms with Gasteiger partial charge in [0.05, 0.1) is 12.7 Å². The molecule has 0 spiro atoms. The van der Waals surface area contributed by atoms with Crippen LogP contribution in [0.3, 0.4) is 0 Å². The summed E-state index contributed by atoms with van der Waals surface area (Å²) in [7, 11) is 3.51. The molecule has 0 aliphatic heterocycles. The zero-order valence-corrected chi connectivity index (χ0v) is 14.0. The molecule has 0 fully saturated rings. The molecule has 0 aromatic heterocycles. The van der Waals surface area contributed by atoms with Gasteiger partial charge in [0, 0.05) is 12.4 Å². The van der Waals surface area contributed by atoms with Gasteiger partial charge in [-0.05, 0) is 50.7 Å². The lowest BCUT2D eigenvalue weighted by molar-refractivity contribution is 0.0110. The van der Waals surface area contributed by atoms with Gasteiger partial charge in [-0.25, -0.2) is 0 Å². The number of para-hydroxylation sites is 1. The highest BCUT2D eigenvalue weighted by molar-refractivity contribution is 9.09. The molecule has 1 atom stereocenters. The number of halogens is 1. The number of methoxy groups -OCH3 is 2. The summed E-state index contributed by atoms with van der Waals surface area (Å²) in [6.45, 7) is 4.28. The molecule has 1 aromatic carbocycles. The second-order valence-corrected chi connectivity index (χ2v) is 6.19. The van der Waals surface area contributed by atoms with E-state index in [0.717, 1.165) is 30.3 Å². The van der Waals surface area contributed by atoms with Crippen LogP contribution in [0.25, 0.3) is 0 Å². The third-order valence-electron chi connectivity index (χ3n) is 3.63. The average Bonchev–Trinajstić information content (AvgIpc) is 2.43. The van der Waals surface area contributed by atoms with E-state index in [4.69, 9.17) is 9.47 Å². The predicted molar refractivity (Wildman–Crippen MR) is 84.3 cm³/mol. The van der Waals surface area contributed by atoms with Crippen LogP contribution in [-0.2, 0) is 11.2 Å². The summed E-state index contributed by atoms with van der Waals surface area (Å²) in [6.07, 6.45) is 3.24. The van der Waals surface area contributed by atoms with Crippen molar-refractivity contribution in [1.82, 2.24) is 0 Å². The van der Waals surface area contributed by atoms with Crippen LogP contribution in [0, 0.1) is 5.92 Å². The summed E-state index contributed by atoms with van der Waals surface area (Å²) in [5.41, 5.74) is 1.24. The van der Waals surface area contributed by atoms with Gasteiger partial charge in [0.1, 0.15) is 5.75 Å². The lowest BCUT2D eigenvalue weighted by Gasteiger charge is -2.25. The zero-order chi connectivity index (χ0) is 14.3. The van der Waals surface area contributed by atoms with Crippen LogP contribution in [0.15, 0.2) is 24.3 Å². The summed E-state index contributed by atoms with van der Waals surface area (Å²) in [5.74, 6) is 1.59. The van der Waals surface area contributed by atoms with Crippen molar-refractivity contribution < 1.29 is 9.47 Å². The molecule has 0 saturated heterocycles. The fourth-order valence-electron chi connectivity index (χ4n) is 2.07. The minimum atomic E-state index is -0.0405. The van der Waals surface area contributed by atoms with E-state index in [1.807, 2.05) is 12.1 Å². The molecule has 1 rings (SSSR count). The van der Waals surface area contributed by atoms with E-state index in [9.17, 15) is 0 Å². The Labute approximate surface area is 125 Å². The molecular weight excluding hydrogens is 304 g/mol. The molecule has 2 nitrogen and oxygen atoms in total. The van der Waals surface area contributed by atoms with Gasteiger partial charge in [-0.3, -0.25) is 0 Å². The van der Waals surface area contributed by atoms with Crippen molar-refractivity contribution in [2.24, 2.45) is 5.92 Å². The molecule has 0 N–H and O–H groups in total. The molecule has 0 amide bonds. The SMILES string of the molecule is COc1ccccc1CC(CBr)CCC(C)(C)OC. The molecule has 0 radical (unpaired) electrons. The maximum atomic E-state index is 5.49. The Morgan fingerprint density at radius 2 is 1.89 bits per heavy atom. The van der Waals surface area contributed by atoms with Gasteiger partial charge in [-0.1, -0.05) is 34.1 Å². The Morgan fingerprint density at radius 1 is 1.21 bits per heavy atom. The molecule has 3 heteroatoms. The van der Waals surface area contributed by atoms with E-state index >= 15 is 0 Å². The van der Waals surface area contributed by atoms with Gasteiger partial charge < -0.3 is 9.47 Å². The monoisotopic (exact) mass is 328 g/mol. The van der Waals surface area contributed by atoms with E-state index in [0.29, 0.717) is 5.92 Å². The first-order chi connectivity index (χ1) is 9.02. The smallest absolute Gasteiger partial charge is 0.122 e. The molecule has 0 heterocycles. The minimum Gasteiger partial charge on any atom is -0.496 e. The molecular formula is C16H25BrO2. The summed E-state index contributed by atoms with van der Waals surface area (Å²) < 4.78 is 10.9. The van der Waals surface area contributed by atoms with Crippen molar-refractivity contribution in [2.75, 3.05) is 19.5 Å². The van der Waals surface area contributed by atoms with Gasteiger partial charge >= 0.3 is 0 Å². The van der Waals surface area contributed by atoms with Crippen LogP contribution in [0.2, 0.25) is 0 Å². The third-order valence-corrected chi connectivity index (χ3v) is 4.54. The van der Waals surface area contributed by atoms with Crippen LogP contribution < -0.4 is 4.74 Å². The molecule has 1 aromatic rings. The summed E-state index contributed by atoms with van der Waals surface area (Å²) in [6, 6.07) is 8.26. The van der Waals surface area contributed by atoms with Crippen LogP contribution >= 0.6 is 15.9 Å². The minimum absolute atomic E-state index is 0.0405. The number of hydrogen-bond acceptors (Lipinski definition) is 2. The Morgan fingerprint density at radius 3 is 2.47 bits per heavy atom. The largest absolute Gasteiger partial charge is 0.496 e. The summed E-state index contributed by atoms with van der Waals surface area (Å²) >= 11 is 3.63. The topological polar surface area (TPSA) is 18.5 Å². The second kappa shape index (κ2) is 7.91. The van der Waals surface area contributed by atoms with E-state index in [2.05, 4.69) is 41.9 Å². The van der Waals surface area contributed by atoms with E-state index in [1.165, 1.54) is 5.56 Å².